The summed E-state index contributed by atoms with van der Waals surface area (Å²) in [5, 5.41) is 8.96. The predicted octanol–water partition coefficient (Wildman–Crippen LogP) is 2.32. The Morgan fingerprint density at radius 1 is 1.09 bits per heavy atom. The molecular weight excluding hydrogens is 309 g/mol. The molecule has 2 aromatic carbocycles. The van der Waals surface area contributed by atoms with Crippen LogP contribution < -0.4 is 4.72 Å². The summed E-state index contributed by atoms with van der Waals surface area (Å²) in [6.45, 7) is 0. The zero-order valence-corrected chi connectivity index (χ0v) is 12.3. The van der Waals surface area contributed by atoms with Crippen LogP contribution in [-0.2, 0) is 14.8 Å². The van der Waals surface area contributed by atoms with Crippen LogP contribution in [0.3, 0.4) is 0 Å². The number of benzene rings is 2. The quantitative estimate of drug-likeness (QED) is 0.854. The molecule has 0 unspecified atom stereocenters. The van der Waals surface area contributed by atoms with Crippen molar-refractivity contribution in [2.24, 2.45) is 0 Å². The lowest BCUT2D eigenvalue weighted by atomic mass is 10.1. The van der Waals surface area contributed by atoms with E-state index in [4.69, 9.17) is 5.11 Å². The molecule has 5 nitrogen and oxygen atoms in total. The minimum Gasteiger partial charge on any atom is -0.481 e. The van der Waals surface area contributed by atoms with Gasteiger partial charge in [0.15, 0.2) is 0 Å². The van der Waals surface area contributed by atoms with Gasteiger partial charge in [0.2, 0.25) is 10.0 Å². The van der Waals surface area contributed by atoms with Gasteiger partial charge in [-0.15, -0.1) is 0 Å². The van der Waals surface area contributed by atoms with Crippen LogP contribution in [0.25, 0.3) is 0 Å². The van der Waals surface area contributed by atoms with Gasteiger partial charge in [0.25, 0.3) is 0 Å². The van der Waals surface area contributed by atoms with Crippen molar-refractivity contribution in [3.8, 4) is 0 Å². The van der Waals surface area contributed by atoms with E-state index in [2.05, 4.69) is 4.72 Å². The molecule has 0 amide bonds. The van der Waals surface area contributed by atoms with Crippen molar-refractivity contribution >= 4 is 16.0 Å². The summed E-state index contributed by atoms with van der Waals surface area (Å²) in [6, 6.07) is 11.8. The Morgan fingerprint density at radius 3 is 2.23 bits per heavy atom. The van der Waals surface area contributed by atoms with Gasteiger partial charge >= 0.3 is 5.97 Å². The van der Waals surface area contributed by atoms with Gasteiger partial charge in [0.1, 0.15) is 5.82 Å². The highest BCUT2D eigenvalue weighted by molar-refractivity contribution is 7.89. The van der Waals surface area contributed by atoms with Crippen molar-refractivity contribution in [3.05, 3.63) is 66.0 Å². The highest BCUT2D eigenvalue weighted by Gasteiger charge is 2.23. The fourth-order valence-corrected chi connectivity index (χ4v) is 3.18. The van der Waals surface area contributed by atoms with Crippen LogP contribution >= 0.6 is 0 Å². The average molecular weight is 323 g/mol. The van der Waals surface area contributed by atoms with E-state index in [1.165, 1.54) is 0 Å². The molecule has 1 atom stereocenters. The normalized spacial score (nSPS) is 12.8. The van der Waals surface area contributed by atoms with Gasteiger partial charge in [-0.2, -0.15) is 0 Å². The number of nitrogens with one attached hydrogen (secondary N) is 1. The summed E-state index contributed by atoms with van der Waals surface area (Å²) in [5.41, 5.74) is 0.538. The molecule has 0 saturated heterocycles. The fraction of sp³-hybridized carbons (Fsp3) is 0.133. The Hall–Kier alpha value is -2.25. The van der Waals surface area contributed by atoms with Crippen LogP contribution in [0.15, 0.2) is 59.5 Å². The lowest BCUT2D eigenvalue weighted by molar-refractivity contribution is -0.137. The van der Waals surface area contributed by atoms with Crippen LogP contribution in [0.5, 0.6) is 0 Å². The van der Waals surface area contributed by atoms with Crippen molar-refractivity contribution in [1.82, 2.24) is 4.72 Å². The molecule has 0 spiro atoms. The number of aliphatic carboxylic acids is 1. The molecule has 22 heavy (non-hydrogen) atoms. The van der Waals surface area contributed by atoms with E-state index in [1.807, 2.05) is 0 Å². The third-order valence-corrected chi connectivity index (χ3v) is 4.49. The van der Waals surface area contributed by atoms with Crippen molar-refractivity contribution in [2.75, 3.05) is 0 Å². The molecule has 0 aliphatic carbocycles. The van der Waals surface area contributed by atoms with Crippen LogP contribution in [0, 0.1) is 5.82 Å². The van der Waals surface area contributed by atoms with E-state index in [-0.39, 0.29) is 4.90 Å². The lowest BCUT2D eigenvalue weighted by Crippen LogP contribution is -2.30. The summed E-state index contributed by atoms with van der Waals surface area (Å²) in [7, 11) is -3.95. The molecule has 2 N–H and O–H groups in total. The zero-order valence-electron chi connectivity index (χ0n) is 11.4. The molecule has 0 heterocycles. The molecular formula is C15H14FNO4S. The summed E-state index contributed by atoms with van der Waals surface area (Å²) in [6.07, 6.45) is -0.398. The Labute approximate surface area is 127 Å². The second-order valence-corrected chi connectivity index (χ2v) is 6.35. The molecule has 2 aromatic rings. The van der Waals surface area contributed by atoms with Crippen LogP contribution in [0.1, 0.15) is 18.0 Å². The molecule has 0 aliphatic rings. The number of rotatable bonds is 6. The van der Waals surface area contributed by atoms with Gasteiger partial charge in [0.05, 0.1) is 17.4 Å². The van der Waals surface area contributed by atoms with Crippen LogP contribution in [-0.4, -0.2) is 19.5 Å². The Bertz CT molecular complexity index is 745. The summed E-state index contributed by atoms with van der Waals surface area (Å²) >= 11 is 0. The number of hydrogen-bond acceptors (Lipinski definition) is 3. The number of carboxylic acid groups (broad SMARTS) is 1. The summed E-state index contributed by atoms with van der Waals surface area (Å²) in [5.74, 6) is -1.68. The predicted molar refractivity (Wildman–Crippen MR) is 78.2 cm³/mol. The SMILES string of the molecule is O=C(O)C[C@@H](NS(=O)(=O)c1ccc(F)cc1)c1ccccc1. The number of halogens is 1. The van der Waals surface area contributed by atoms with Gasteiger partial charge in [-0.1, -0.05) is 30.3 Å². The van der Waals surface area contributed by atoms with E-state index in [1.54, 1.807) is 30.3 Å². The summed E-state index contributed by atoms with van der Waals surface area (Å²) in [4.78, 5) is 10.8. The third kappa shape index (κ3) is 4.12. The summed E-state index contributed by atoms with van der Waals surface area (Å²) < 4.78 is 39.8. The topological polar surface area (TPSA) is 83.5 Å². The van der Waals surface area contributed by atoms with Gasteiger partial charge in [-0.05, 0) is 29.8 Å². The smallest absolute Gasteiger partial charge is 0.305 e. The maximum absolute atomic E-state index is 12.9. The molecule has 0 saturated carbocycles. The molecule has 0 radical (unpaired) electrons. The number of carbonyl (C=O) groups is 1. The second kappa shape index (κ2) is 6.67. The number of carboxylic acids is 1. The van der Waals surface area contributed by atoms with Gasteiger partial charge in [-0.3, -0.25) is 4.79 Å². The molecule has 0 aromatic heterocycles. The lowest BCUT2D eigenvalue weighted by Gasteiger charge is -2.17. The first-order valence-corrected chi connectivity index (χ1v) is 7.91. The average Bonchev–Trinajstić information content (AvgIpc) is 2.47. The molecule has 116 valence electrons. The largest absolute Gasteiger partial charge is 0.481 e. The third-order valence-electron chi connectivity index (χ3n) is 3.00. The standard InChI is InChI=1S/C15H14FNO4S/c16-12-6-8-13(9-7-12)22(20,21)17-14(10-15(18)19)11-4-2-1-3-5-11/h1-9,14,17H,10H2,(H,18,19)/t14-/m1/s1. The Morgan fingerprint density at radius 2 is 1.68 bits per heavy atom. The van der Waals surface area contributed by atoms with E-state index in [0.717, 1.165) is 24.3 Å². The zero-order chi connectivity index (χ0) is 16.2. The van der Waals surface area contributed by atoms with Crippen LogP contribution in [0.4, 0.5) is 4.39 Å². The maximum atomic E-state index is 12.9. The second-order valence-electron chi connectivity index (χ2n) is 4.64. The Kier molecular flexibility index (Phi) is 4.89. The van der Waals surface area contributed by atoms with Gasteiger partial charge in [0, 0.05) is 0 Å². The van der Waals surface area contributed by atoms with E-state index < -0.39 is 34.3 Å². The van der Waals surface area contributed by atoms with Crippen molar-refractivity contribution in [2.45, 2.75) is 17.4 Å². The monoisotopic (exact) mass is 323 g/mol. The maximum Gasteiger partial charge on any atom is 0.305 e. The van der Waals surface area contributed by atoms with E-state index in [9.17, 15) is 17.6 Å². The minimum absolute atomic E-state index is 0.125. The van der Waals surface area contributed by atoms with E-state index in [0.29, 0.717) is 5.56 Å². The molecule has 0 aliphatic heterocycles. The van der Waals surface area contributed by atoms with Crippen molar-refractivity contribution in [3.63, 3.8) is 0 Å². The highest BCUT2D eigenvalue weighted by Crippen LogP contribution is 2.20. The number of sulfonamides is 1. The first-order chi connectivity index (χ1) is 10.4. The van der Waals surface area contributed by atoms with Crippen molar-refractivity contribution < 1.29 is 22.7 Å². The minimum atomic E-state index is -3.95. The Balaban J connectivity index is 2.30. The molecule has 7 heteroatoms. The van der Waals surface area contributed by atoms with Crippen molar-refractivity contribution in [1.29, 1.82) is 0 Å². The first kappa shape index (κ1) is 16.1. The molecule has 0 bridgehead atoms. The van der Waals surface area contributed by atoms with Gasteiger partial charge in [-0.25, -0.2) is 17.5 Å². The van der Waals surface area contributed by atoms with Crippen LogP contribution in [0.2, 0.25) is 0 Å². The van der Waals surface area contributed by atoms with Gasteiger partial charge < -0.3 is 5.11 Å². The van der Waals surface area contributed by atoms with E-state index >= 15 is 0 Å². The molecule has 2 rings (SSSR count). The first-order valence-electron chi connectivity index (χ1n) is 6.43. The number of hydrogen-bond donors (Lipinski definition) is 2. The highest BCUT2D eigenvalue weighted by atomic mass is 32.2. The molecule has 0 fully saturated rings. The fourth-order valence-electron chi connectivity index (χ4n) is 1.96.